The second-order valence-electron chi connectivity index (χ2n) is 24.0. The second kappa shape index (κ2) is 17.1. The van der Waals surface area contributed by atoms with Crippen LogP contribution in [0.3, 0.4) is 0 Å². The van der Waals surface area contributed by atoms with Gasteiger partial charge in [-0.05, 0) is 111 Å². The van der Waals surface area contributed by atoms with Gasteiger partial charge in [-0.2, -0.15) is 0 Å². The normalized spacial score (nSPS) is 12.7. The minimum Gasteiger partial charge on any atom is -0.309 e. The number of para-hydroxylation sites is 1. The van der Waals surface area contributed by atoms with Gasteiger partial charge in [0.05, 0.1) is 44.8 Å². The van der Waals surface area contributed by atoms with Crippen molar-refractivity contribution in [2.45, 2.75) is 105 Å². The number of nitrogens with zero attached hydrogens (tertiary/aromatic N) is 4. The Bertz CT molecular complexity index is 3680. The maximum Gasteiger partial charge on any atom is 0.160 e. The third kappa shape index (κ3) is 8.31. The third-order valence-electron chi connectivity index (χ3n) is 14.8. The Morgan fingerprint density at radius 3 is 1.08 bits per heavy atom. The molecule has 0 saturated carbocycles. The molecule has 4 heteroatoms. The highest BCUT2D eigenvalue weighted by atomic mass is 15.0. The third-order valence-corrected chi connectivity index (χ3v) is 14.8. The van der Waals surface area contributed by atoms with Crippen LogP contribution in [0.1, 0.15) is 105 Å². The zero-order valence-electron chi connectivity index (χ0n) is 44.1. The highest BCUT2D eigenvalue weighted by Gasteiger charge is 2.26. The molecule has 0 aliphatic rings. The summed E-state index contributed by atoms with van der Waals surface area (Å²) in [6.45, 7) is 27.7. The lowest BCUT2D eigenvalue weighted by Gasteiger charge is -2.21. The average Bonchev–Trinajstić information content (AvgIpc) is 3.87. The molecule has 0 amide bonds. The molecular formula is C68H66N4. The van der Waals surface area contributed by atoms with Crippen LogP contribution in [0.25, 0.3) is 100 Å². The largest absolute Gasteiger partial charge is 0.309 e. The van der Waals surface area contributed by atoms with Crippen molar-refractivity contribution in [2.75, 3.05) is 0 Å². The van der Waals surface area contributed by atoms with Gasteiger partial charge in [-0.1, -0.05) is 198 Å². The van der Waals surface area contributed by atoms with Gasteiger partial charge in [0.25, 0.3) is 0 Å². The van der Waals surface area contributed by atoms with Crippen LogP contribution < -0.4 is 0 Å². The average molecular weight is 939 g/mol. The Balaban J connectivity index is 1.24. The maximum absolute atomic E-state index is 5.38. The Morgan fingerprint density at radius 1 is 0.292 bits per heavy atom. The van der Waals surface area contributed by atoms with Crippen molar-refractivity contribution in [3.8, 4) is 56.4 Å². The van der Waals surface area contributed by atoms with Crippen LogP contribution in [0.4, 0.5) is 0 Å². The van der Waals surface area contributed by atoms with Gasteiger partial charge in [0.1, 0.15) is 0 Å². The van der Waals surface area contributed by atoms with Crippen LogP contribution in [0.15, 0.2) is 182 Å². The second-order valence-corrected chi connectivity index (χ2v) is 24.0. The molecule has 0 aliphatic heterocycles. The van der Waals surface area contributed by atoms with Crippen molar-refractivity contribution < 1.29 is 0 Å². The van der Waals surface area contributed by atoms with E-state index in [9.17, 15) is 0 Å². The van der Waals surface area contributed by atoms with Gasteiger partial charge >= 0.3 is 0 Å². The molecule has 358 valence electrons. The van der Waals surface area contributed by atoms with E-state index in [4.69, 9.17) is 9.97 Å². The number of hydrogen-bond acceptors (Lipinski definition) is 2. The Morgan fingerprint density at radius 2 is 0.653 bits per heavy atom. The van der Waals surface area contributed by atoms with E-state index >= 15 is 0 Å². The van der Waals surface area contributed by atoms with Crippen LogP contribution in [-0.2, 0) is 21.7 Å². The van der Waals surface area contributed by atoms with E-state index < -0.39 is 0 Å². The van der Waals surface area contributed by atoms with Crippen LogP contribution in [-0.4, -0.2) is 19.1 Å². The lowest BCUT2D eigenvalue weighted by molar-refractivity contribution is 0.590. The summed E-state index contributed by atoms with van der Waals surface area (Å²) in [4.78, 5) is 10.6. The zero-order chi connectivity index (χ0) is 50.5. The fraction of sp³-hybridized carbons (Fsp3) is 0.235. The monoisotopic (exact) mass is 939 g/mol. The molecule has 0 bridgehead atoms. The fourth-order valence-electron chi connectivity index (χ4n) is 10.5. The molecule has 3 aromatic heterocycles. The van der Waals surface area contributed by atoms with Crippen molar-refractivity contribution in [1.82, 2.24) is 19.1 Å². The maximum atomic E-state index is 5.38. The topological polar surface area (TPSA) is 35.6 Å². The van der Waals surface area contributed by atoms with Crippen LogP contribution in [0.5, 0.6) is 0 Å². The van der Waals surface area contributed by atoms with Crippen molar-refractivity contribution in [3.63, 3.8) is 0 Å². The predicted octanol–water partition coefficient (Wildman–Crippen LogP) is 18.5. The van der Waals surface area contributed by atoms with E-state index in [1.54, 1.807) is 0 Å². The summed E-state index contributed by atoms with van der Waals surface area (Å²) in [5.41, 5.74) is 19.2. The van der Waals surface area contributed by atoms with E-state index in [1.165, 1.54) is 65.9 Å². The molecule has 0 saturated heterocycles. The molecule has 0 aliphatic carbocycles. The minimum absolute atomic E-state index is 0.00417. The van der Waals surface area contributed by atoms with Crippen LogP contribution in [0, 0.1) is 0 Å². The summed E-state index contributed by atoms with van der Waals surface area (Å²) in [6.07, 6.45) is 0. The first-order chi connectivity index (χ1) is 34.2. The van der Waals surface area contributed by atoms with Gasteiger partial charge < -0.3 is 9.13 Å². The quantitative estimate of drug-likeness (QED) is 0.167. The van der Waals surface area contributed by atoms with Crippen molar-refractivity contribution in [3.05, 3.63) is 204 Å². The summed E-state index contributed by atoms with van der Waals surface area (Å²) in [7, 11) is 0. The summed E-state index contributed by atoms with van der Waals surface area (Å²) in [6, 6.07) is 67.4. The number of rotatable bonds is 6. The van der Waals surface area contributed by atoms with Crippen LogP contribution in [0.2, 0.25) is 0 Å². The standard InChI is InChI=1S/C68H66N4/c1-65(2,3)46-28-33-59-52(38-46)53-39-47(66(4,5)6)29-34-60(53)71(59)58-26-20-19-25-50(58)51-32-27-45(57-42-56(43-21-15-13-16-22-43)69-64(70-57)44-23-17-14-18-24-44)37-63(51)72-61-35-30-48(67(7,8)9)40-54(61)55-41-49(68(10,11)12)31-36-62(55)72/h13-42H,1-12H3. The van der Waals surface area contributed by atoms with Crippen molar-refractivity contribution in [1.29, 1.82) is 0 Å². The highest BCUT2D eigenvalue weighted by Crippen LogP contribution is 2.45. The van der Waals surface area contributed by atoms with E-state index in [-0.39, 0.29) is 21.7 Å². The number of aromatic nitrogens is 4. The Labute approximate surface area is 426 Å². The molecule has 0 atom stereocenters. The summed E-state index contributed by atoms with van der Waals surface area (Å²) in [5.74, 6) is 0.694. The predicted molar refractivity (Wildman–Crippen MR) is 307 cm³/mol. The fourth-order valence-corrected chi connectivity index (χ4v) is 10.5. The van der Waals surface area contributed by atoms with Gasteiger partial charge in [0.2, 0.25) is 0 Å². The molecule has 11 rings (SSSR count). The van der Waals surface area contributed by atoms with E-state index in [1.807, 2.05) is 6.07 Å². The first-order valence-electron chi connectivity index (χ1n) is 25.7. The van der Waals surface area contributed by atoms with Crippen molar-refractivity contribution in [2.24, 2.45) is 0 Å². The first kappa shape index (κ1) is 46.8. The summed E-state index contributed by atoms with van der Waals surface area (Å²) < 4.78 is 5.03. The summed E-state index contributed by atoms with van der Waals surface area (Å²) in [5, 5.41) is 5.04. The van der Waals surface area contributed by atoms with Gasteiger partial charge in [-0.3, -0.25) is 0 Å². The highest BCUT2D eigenvalue weighted by molar-refractivity contribution is 6.12. The van der Waals surface area contributed by atoms with E-state index in [2.05, 4.69) is 268 Å². The lowest BCUT2D eigenvalue weighted by Crippen LogP contribution is -2.10. The molecule has 4 nitrogen and oxygen atoms in total. The molecule has 0 N–H and O–H groups in total. The molecule has 11 aromatic rings. The lowest BCUT2D eigenvalue weighted by atomic mass is 9.85. The molecule has 72 heavy (non-hydrogen) atoms. The summed E-state index contributed by atoms with van der Waals surface area (Å²) >= 11 is 0. The SMILES string of the molecule is CC(C)(C)c1ccc2c(c1)c1cc(C(C)(C)C)ccc1n2-c1ccccc1-c1ccc(-c2cc(-c3ccccc3)nc(-c3ccccc3)n2)cc1-n1c2ccc(C(C)(C)C)cc2c2cc(C(C)(C)C)ccc21. The van der Waals surface area contributed by atoms with Gasteiger partial charge in [-0.25, -0.2) is 9.97 Å². The zero-order valence-corrected chi connectivity index (χ0v) is 44.1. The molecule has 0 spiro atoms. The first-order valence-corrected chi connectivity index (χ1v) is 25.7. The number of benzene rings is 8. The van der Waals surface area contributed by atoms with E-state index in [0.29, 0.717) is 5.82 Å². The van der Waals surface area contributed by atoms with Gasteiger partial charge in [-0.15, -0.1) is 0 Å². The van der Waals surface area contributed by atoms with Gasteiger partial charge in [0, 0.05) is 49.4 Å². The Hall–Kier alpha value is -7.56. The smallest absolute Gasteiger partial charge is 0.160 e. The van der Waals surface area contributed by atoms with Gasteiger partial charge in [0.15, 0.2) is 5.82 Å². The molecular weight excluding hydrogens is 873 g/mol. The molecule has 0 fully saturated rings. The molecule has 0 radical (unpaired) electrons. The van der Waals surface area contributed by atoms with E-state index in [0.717, 1.165) is 50.6 Å². The number of fused-ring (bicyclic) bond motifs is 6. The molecule has 8 aromatic carbocycles. The minimum atomic E-state index is -0.0300. The van der Waals surface area contributed by atoms with Crippen molar-refractivity contribution >= 4 is 43.6 Å². The molecule has 0 unspecified atom stereocenters. The Kier molecular flexibility index (Phi) is 11.1. The molecule has 3 heterocycles. The number of hydrogen-bond donors (Lipinski definition) is 0. The van der Waals surface area contributed by atoms with Crippen LogP contribution >= 0.6 is 0 Å².